The number of carbonyl (C=O) groups is 2. The van der Waals surface area contributed by atoms with Crippen molar-refractivity contribution in [2.75, 3.05) is 6.54 Å². The quantitative estimate of drug-likeness (QED) is 0.796. The molecule has 1 aliphatic rings. The van der Waals surface area contributed by atoms with Crippen LogP contribution in [0.15, 0.2) is 0 Å². The molecule has 5 nitrogen and oxygen atoms in total. The minimum absolute atomic E-state index is 0.00144. The fourth-order valence-corrected chi connectivity index (χ4v) is 2.26. The van der Waals surface area contributed by atoms with Crippen LogP contribution in [0.25, 0.3) is 0 Å². The first-order valence-corrected chi connectivity index (χ1v) is 6.87. The zero-order valence-electron chi connectivity index (χ0n) is 12.7. The maximum Gasteiger partial charge on any atom is 0.230 e. The number of primary amides is 1. The van der Waals surface area contributed by atoms with Gasteiger partial charge in [-0.05, 0) is 47.5 Å². The van der Waals surface area contributed by atoms with Crippen molar-refractivity contribution in [1.29, 1.82) is 0 Å². The molecule has 2 atom stereocenters. The predicted molar refractivity (Wildman–Crippen MR) is 75.1 cm³/mol. The van der Waals surface area contributed by atoms with Gasteiger partial charge in [-0.15, -0.1) is 0 Å². The van der Waals surface area contributed by atoms with Gasteiger partial charge in [0.05, 0.1) is 11.3 Å². The summed E-state index contributed by atoms with van der Waals surface area (Å²) in [5.74, 6) is -0.565. The molecule has 110 valence electrons. The monoisotopic (exact) mass is 269 g/mol. The van der Waals surface area contributed by atoms with Crippen molar-refractivity contribution >= 4 is 11.8 Å². The summed E-state index contributed by atoms with van der Waals surface area (Å²) in [7, 11) is 0. The normalized spacial score (nSPS) is 25.3. The van der Waals surface area contributed by atoms with Gasteiger partial charge in [-0.25, -0.2) is 0 Å². The van der Waals surface area contributed by atoms with Crippen LogP contribution in [0.5, 0.6) is 0 Å². The Labute approximate surface area is 115 Å². The number of hydrogen-bond donors (Lipinski definition) is 2. The molecule has 1 saturated heterocycles. The summed E-state index contributed by atoms with van der Waals surface area (Å²) in [5, 5.41) is 0. The molecule has 0 saturated carbocycles. The molecule has 0 aromatic carbocycles. The summed E-state index contributed by atoms with van der Waals surface area (Å²) in [6.07, 6.45) is 1.56. The topological polar surface area (TPSA) is 89.4 Å². The van der Waals surface area contributed by atoms with Crippen molar-refractivity contribution in [2.45, 2.75) is 59.0 Å². The fourth-order valence-electron chi connectivity index (χ4n) is 2.26. The Morgan fingerprint density at radius 1 is 1.16 bits per heavy atom. The first-order chi connectivity index (χ1) is 8.48. The van der Waals surface area contributed by atoms with E-state index in [9.17, 15) is 9.59 Å². The molecular formula is C14H27N3O2. The van der Waals surface area contributed by atoms with E-state index in [1.807, 2.05) is 34.6 Å². The summed E-state index contributed by atoms with van der Waals surface area (Å²) < 4.78 is 0. The van der Waals surface area contributed by atoms with Gasteiger partial charge in [-0.2, -0.15) is 0 Å². The highest BCUT2D eigenvalue weighted by Crippen LogP contribution is 2.33. The minimum atomic E-state index is -0.680. The lowest BCUT2D eigenvalue weighted by Crippen LogP contribution is -2.60. The molecule has 0 radical (unpaired) electrons. The third-order valence-corrected chi connectivity index (χ3v) is 4.69. The SMILES string of the molecule is CC1CCC(C(N)=O)CN1C(=O)C(C)(C)C(C)(C)N. The summed E-state index contributed by atoms with van der Waals surface area (Å²) >= 11 is 0. The molecule has 5 heteroatoms. The van der Waals surface area contributed by atoms with E-state index in [1.165, 1.54) is 0 Å². The van der Waals surface area contributed by atoms with Gasteiger partial charge >= 0.3 is 0 Å². The lowest BCUT2D eigenvalue weighted by atomic mass is 9.73. The molecule has 0 aliphatic carbocycles. The molecule has 1 heterocycles. The highest BCUT2D eigenvalue weighted by Gasteiger charge is 2.45. The molecule has 1 rings (SSSR count). The summed E-state index contributed by atoms with van der Waals surface area (Å²) in [6.45, 7) is 9.84. The van der Waals surface area contributed by atoms with Crippen LogP contribution in [0, 0.1) is 11.3 Å². The molecular weight excluding hydrogens is 242 g/mol. The second kappa shape index (κ2) is 5.12. The van der Waals surface area contributed by atoms with Gasteiger partial charge < -0.3 is 16.4 Å². The first kappa shape index (κ1) is 16.0. The van der Waals surface area contributed by atoms with E-state index in [2.05, 4.69) is 0 Å². The van der Waals surface area contributed by atoms with Crippen molar-refractivity contribution < 1.29 is 9.59 Å². The highest BCUT2D eigenvalue weighted by molar-refractivity contribution is 5.85. The molecule has 1 fully saturated rings. The van der Waals surface area contributed by atoms with Crippen molar-refractivity contribution in [3.05, 3.63) is 0 Å². The molecule has 0 spiro atoms. The number of nitrogens with zero attached hydrogens (tertiary/aromatic N) is 1. The average molecular weight is 269 g/mol. The van der Waals surface area contributed by atoms with Crippen molar-refractivity contribution in [1.82, 2.24) is 4.90 Å². The summed E-state index contributed by atoms with van der Waals surface area (Å²) in [4.78, 5) is 25.8. The lowest BCUT2D eigenvalue weighted by molar-refractivity contribution is -0.149. The number of piperidine rings is 1. The second-order valence-corrected chi connectivity index (χ2v) is 6.83. The maximum absolute atomic E-state index is 12.7. The van der Waals surface area contributed by atoms with Crippen molar-refractivity contribution in [2.24, 2.45) is 22.8 Å². The number of rotatable bonds is 3. The summed E-state index contributed by atoms with van der Waals surface area (Å²) in [5.41, 5.74) is 10.2. The van der Waals surface area contributed by atoms with Crippen LogP contribution in [-0.2, 0) is 9.59 Å². The molecule has 0 bridgehead atoms. The van der Waals surface area contributed by atoms with Crippen molar-refractivity contribution in [3.63, 3.8) is 0 Å². The smallest absolute Gasteiger partial charge is 0.230 e. The molecule has 0 aromatic rings. The van der Waals surface area contributed by atoms with E-state index in [4.69, 9.17) is 11.5 Å². The van der Waals surface area contributed by atoms with E-state index in [0.717, 1.165) is 12.8 Å². The van der Waals surface area contributed by atoms with E-state index >= 15 is 0 Å². The van der Waals surface area contributed by atoms with Crippen LogP contribution in [0.4, 0.5) is 0 Å². The number of nitrogens with two attached hydrogens (primary N) is 2. The van der Waals surface area contributed by atoms with Gasteiger partial charge in [0, 0.05) is 18.1 Å². The largest absolute Gasteiger partial charge is 0.369 e. The number of amides is 2. The van der Waals surface area contributed by atoms with E-state index < -0.39 is 11.0 Å². The Hall–Kier alpha value is -1.10. The molecule has 19 heavy (non-hydrogen) atoms. The van der Waals surface area contributed by atoms with Gasteiger partial charge in [0.2, 0.25) is 11.8 Å². The zero-order chi connectivity index (χ0) is 15.0. The number of carbonyl (C=O) groups excluding carboxylic acids is 2. The van der Waals surface area contributed by atoms with Gasteiger partial charge in [-0.3, -0.25) is 9.59 Å². The van der Waals surface area contributed by atoms with Crippen LogP contribution in [0.3, 0.4) is 0 Å². The van der Waals surface area contributed by atoms with Crippen LogP contribution in [0.2, 0.25) is 0 Å². The average Bonchev–Trinajstić information content (AvgIpc) is 2.26. The van der Waals surface area contributed by atoms with Gasteiger partial charge in [0.15, 0.2) is 0 Å². The lowest BCUT2D eigenvalue weighted by Gasteiger charge is -2.45. The van der Waals surface area contributed by atoms with Crippen LogP contribution in [0.1, 0.15) is 47.5 Å². The van der Waals surface area contributed by atoms with Gasteiger partial charge in [-0.1, -0.05) is 0 Å². The Kier molecular flexibility index (Phi) is 4.30. The van der Waals surface area contributed by atoms with E-state index in [-0.39, 0.29) is 23.8 Å². The van der Waals surface area contributed by atoms with Gasteiger partial charge in [0.1, 0.15) is 0 Å². The van der Waals surface area contributed by atoms with Crippen molar-refractivity contribution in [3.8, 4) is 0 Å². The molecule has 2 amide bonds. The zero-order valence-corrected chi connectivity index (χ0v) is 12.7. The Morgan fingerprint density at radius 2 is 1.68 bits per heavy atom. The summed E-state index contributed by atoms with van der Waals surface area (Å²) in [6, 6.07) is 0.129. The molecule has 4 N–H and O–H groups in total. The Morgan fingerprint density at radius 3 is 2.11 bits per heavy atom. The van der Waals surface area contributed by atoms with E-state index in [1.54, 1.807) is 4.90 Å². The van der Waals surface area contributed by atoms with Crippen LogP contribution in [-0.4, -0.2) is 34.8 Å². The fraction of sp³-hybridized carbons (Fsp3) is 0.857. The number of hydrogen-bond acceptors (Lipinski definition) is 3. The standard InChI is InChI=1S/C14H27N3O2/c1-9-6-7-10(11(15)18)8-17(9)12(19)13(2,3)14(4,5)16/h9-10H,6-8,16H2,1-5H3,(H2,15,18). The highest BCUT2D eigenvalue weighted by atomic mass is 16.2. The second-order valence-electron chi connectivity index (χ2n) is 6.83. The Balaban J connectivity index is 2.94. The maximum atomic E-state index is 12.7. The molecule has 1 aliphatic heterocycles. The van der Waals surface area contributed by atoms with Crippen LogP contribution < -0.4 is 11.5 Å². The molecule has 2 unspecified atom stereocenters. The first-order valence-electron chi connectivity index (χ1n) is 6.87. The van der Waals surface area contributed by atoms with Gasteiger partial charge in [0.25, 0.3) is 0 Å². The number of likely N-dealkylation sites (tertiary alicyclic amines) is 1. The van der Waals surface area contributed by atoms with Crippen LogP contribution >= 0.6 is 0 Å². The third kappa shape index (κ3) is 3.08. The predicted octanol–water partition coefficient (Wildman–Crippen LogP) is 0.862. The minimum Gasteiger partial charge on any atom is -0.369 e. The Bertz CT molecular complexity index is 371. The molecule has 0 aromatic heterocycles. The third-order valence-electron chi connectivity index (χ3n) is 4.69. The van der Waals surface area contributed by atoms with E-state index in [0.29, 0.717) is 6.54 Å².